The van der Waals surface area contributed by atoms with Crippen molar-refractivity contribution < 1.29 is 9.59 Å². The SMILES string of the molecule is [N-]=[N+]=NCCCNC(=O)CNC(=O)c1ccccc1. The van der Waals surface area contributed by atoms with E-state index in [1.165, 1.54) is 0 Å². The van der Waals surface area contributed by atoms with E-state index < -0.39 is 0 Å². The minimum absolute atomic E-state index is 0.0742. The second kappa shape index (κ2) is 8.54. The molecule has 0 saturated heterocycles. The minimum Gasteiger partial charge on any atom is -0.355 e. The third-order valence-corrected chi connectivity index (χ3v) is 2.27. The fourth-order valence-electron chi connectivity index (χ4n) is 1.34. The predicted octanol–water partition coefficient (Wildman–Crippen LogP) is 1.23. The Bertz CT molecular complexity index is 468. The highest BCUT2D eigenvalue weighted by Crippen LogP contribution is 1.97. The Balaban J connectivity index is 2.19. The highest BCUT2D eigenvalue weighted by molar-refractivity contribution is 5.96. The average molecular weight is 261 g/mol. The Morgan fingerprint density at radius 2 is 1.95 bits per heavy atom. The molecular weight excluding hydrogens is 246 g/mol. The monoisotopic (exact) mass is 261 g/mol. The molecule has 2 amide bonds. The molecule has 1 rings (SSSR count). The molecule has 19 heavy (non-hydrogen) atoms. The maximum Gasteiger partial charge on any atom is 0.251 e. The molecule has 0 aliphatic heterocycles. The van der Waals surface area contributed by atoms with Crippen molar-refractivity contribution in [2.75, 3.05) is 19.6 Å². The molecule has 0 unspecified atom stereocenters. The molecular formula is C12H15N5O2. The minimum atomic E-state index is -0.287. The number of carbonyl (C=O) groups is 2. The van der Waals surface area contributed by atoms with Crippen LogP contribution in [0.15, 0.2) is 35.4 Å². The van der Waals surface area contributed by atoms with Gasteiger partial charge in [0, 0.05) is 23.6 Å². The molecule has 7 nitrogen and oxygen atoms in total. The molecule has 2 N–H and O–H groups in total. The van der Waals surface area contributed by atoms with Crippen molar-refractivity contribution in [3.63, 3.8) is 0 Å². The molecule has 0 bridgehead atoms. The number of benzene rings is 1. The predicted molar refractivity (Wildman–Crippen MR) is 70.4 cm³/mol. The van der Waals surface area contributed by atoms with E-state index >= 15 is 0 Å². The van der Waals surface area contributed by atoms with Crippen LogP contribution in [0, 0.1) is 0 Å². The first-order valence-electron chi connectivity index (χ1n) is 5.85. The standard InChI is InChI=1S/C12H15N5O2/c13-17-16-8-4-7-14-11(18)9-15-12(19)10-5-2-1-3-6-10/h1-3,5-6H,4,7-9H2,(H,14,18)(H,15,19). The van der Waals surface area contributed by atoms with Crippen molar-refractivity contribution in [1.82, 2.24) is 10.6 Å². The first-order valence-corrected chi connectivity index (χ1v) is 5.85. The summed E-state index contributed by atoms with van der Waals surface area (Å²) in [5.41, 5.74) is 8.56. The molecule has 0 saturated carbocycles. The smallest absolute Gasteiger partial charge is 0.251 e. The molecule has 0 aromatic heterocycles. The third kappa shape index (κ3) is 6.09. The maximum absolute atomic E-state index is 11.6. The lowest BCUT2D eigenvalue weighted by Crippen LogP contribution is -2.37. The van der Waals surface area contributed by atoms with E-state index in [1.807, 2.05) is 6.07 Å². The summed E-state index contributed by atoms with van der Waals surface area (Å²) in [6.45, 7) is 0.682. The van der Waals surface area contributed by atoms with Crippen molar-refractivity contribution in [2.45, 2.75) is 6.42 Å². The van der Waals surface area contributed by atoms with Gasteiger partial charge in [-0.3, -0.25) is 9.59 Å². The fraction of sp³-hybridized carbons (Fsp3) is 0.333. The molecule has 100 valence electrons. The van der Waals surface area contributed by atoms with Crippen LogP contribution in [0.25, 0.3) is 10.4 Å². The number of azide groups is 1. The highest BCUT2D eigenvalue weighted by Gasteiger charge is 2.06. The van der Waals surface area contributed by atoms with E-state index in [0.717, 1.165) is 0 Å². The molecule has 1 aromatic rings. The van der Waals surface area contributed by atoms with Gasteiger partial charge in [0.1, 0.15) is 0 Å². The van der Waals surface area contributed by atoms with Crippen molar-refractivity contribution in [1.29, 1.82) is 0 Å². The summed E-state index contributed by atoms with van der Waals surface area (Å²) in [4.78, 5) is 25.6. The van der Waals surface area contributed by atoms with Crippen molar-refractivity contribution in [3.8, 4) is 0 Å². The van der Waals surface area contributed by atoms with Crippen LogP contribution in [0.4, 0.5) is 0 Å². The Labute approximate surface area is 110 Å². The van der Waals surface area contributed by atoms with Gasteiger partial charge in [-0.15, -0.1) is 0 Å². The Morgan fingerprint density at radius 3 is 2.63 bits per heavy atom. The first-order chi connectivity index (χ1) is 9.24. The van der Waals surface area contributed by atoms with E-state index in [2.05, 4.69) is 20.7 Å². The number of hydrogen-bond donors (Lipinski definition) is 2. The summed E-state index contributed by atoms with van der Waals surface area (Å²) in [7, 11) is 0. The van der Waals surface area contributed by atoms with E-state index in [9.17, 15) is 9.59 Å². The van der Waals surface area contributed by atoms with Crippen LogP contribution in [0.2, 0.25) is 0 Å². The van der Waals surface area contributed by atoms with Gasteiger partial charge in [0.25, 0.3) is 5.91 Å². The number of amides is 2. The van der Waals surface area contributed by atoms with Crippen LogP contribution in [0.1, 0.15) is 16.8 Å². The molecule has 0 spiro atoms. The zero-order chi connectivity index (χ0) is 13.9. The van der Waals surface area contributed by atoms with Gasteiger partial charge >= 0.3 is 0 Å². The van der Waals surface area contributed by atoms with Crippen LogP contribution in [-0.2, 0) is 4.79 Å². The van der Waals surface area contributed by atoms with E-state index in [-0.39, 0.29) is 18.4 Å². The first kappa shape index (κ1) is 14.5. The average Bonchev–Trinajstić information content (AvgIpc) is 2.45. The summed E-state index contributed by atoms with van der Waals surface area (Å²) >= 11 is 0. The lowest BCUT2D eigenvalue weighted by molar-refractivity contribution is -0.120. The van der Waals surface area contributed by atoms with Gasteiger partial charge < -0.3 is 10.6 Å². The van der Waals surface area contributed by atoms with Gasteiger partial charge in [-0.25, -0.2) is 0 Å². The van der Waals surface area contributed by atoms with Gasteiger partial charge in [0.15, 0.2) is 0 Å². The van der Waals surface area contributed by atoms with Gasteiger partial charge in [-0.1, -0.05) is 23.3 Å². The van der Waals surface area contributed by atoms with Gasteiger partial charge in [-0.05, 0) is 24.1 Å². The molecule has 7 heteroatoms. The molecule has 0 radical (unpaired) electrons. The normalized spacial score (nSPS) is 9.26. The zero-order valence-electron chi connectivity index (χ0n) is 10.4. The largest absolute Gasteiger partial charge is 0.355 e. The van der Waals surface area contributed by atoms with Gasteiger partial charge in [0.2, 0.25) is 5.91 Å². The van der Waals surface area contributed by atoms with E-state index in [1.54, 1.807) is 24.3 Å². The molecule has 0 aliphatic carbocycles. The molecule has 0 atom stereocenters. The summed E-state index contributed by atoms with van der Waals surface area (Å²) < 4.78 is 0. The topological polar surface area (TPSA) is 107 Å². The van der Waals surface area contributed by atoms with Crippen LogP contribution in [0.3, 0.4) is 0 Å². The molecule has 1 aromatic carbocycles. The quantitative estimate of drug-likeness (QED) is 0.333. The maximum atomic E-state index is 11.6. The van der Waals surface area contributed by atoms with Crippen molar-refractivity contribution in [2.24, 2.45) is 5.11 Å². The highest BCUT2D eigenvalue weighted by atomic mass is 16.2. The second-order valence-corrected chi connectivity index (χ2v) is 3.71. The Hall–Kier alpha value is -2.53. The fourth-order valence-corrected chi connectivity index (χ4v) is 1.34. The zero-order valence-corrected chi connectivity index (χ0v) is 10.4. The lowest BCUT2D eigenvalue weighted by atomic mass is 10.2. The summed E-state index contributed by atoms with van der Waals surface area (Å²) in [6.07, 6.45) is 0.572. The van der Waals surface area contributed by atoms with Crippen LogP contribution in [0.5, 0.6) is 0 Å². The molecule has 0 heterocycles. The van der Waals surface area contributed by atoms with Crippen LogP contribution >= 0.6 is 0 Å². The lowest BCUT2D eigenvalue weighted by Gasteiger charge is -2.06. The Kier molecular flexibility index (Phi) is 6.53. The summed E-state index contributed by atoms with van der Waals surface area (Å²) in [5.74, 6) is -0.560. The van der Waals surface area contributed by atoms with Gasteiger partial charge in [0.05, 0.1) is 6.54 Å². The summed E-state index contributed by atoms with van der Waals surface area (Å²) in [5, 5.41) is 8.47. The summed E-state index contributed by atoms with van der Waals surface area (Å²) in [6, 6.07) is 8.67. The molecule has 0 aliphatic rings. The molecule has 0 fully saturated rings. The van der Waals surface area contributed by atoms with Crippen molar-refractivity contribution >= 4 is 11.8 Å². The van der Waals surface area contributed by atoms with E-state index in [0.29, 0.717) is 25.1 Å². The second-order valence-electron chi connectivity index (χ2n) is 3.71. The number of carbonyl (C=O) groups excluding carboxylic acids is 2. The number of hydrogen-bond acceptors (Lipinski definition) is 3. The van der Waals surface area contributed by atoms with E-state index in [4.69, 9.17) is 5.53 Å². The Morgan fingerprint density at radius 1 is 1.21 bits per heavy atom. The van der Waals surface area contributed by atoms with Gasteiger partial charge in [-0.2, -0.15) is 0 Å². The number of rotatable bonds is 7. The number of nitrogens with one attached hydrogen (secondary N) is 2. The van der Waals surface area contributed by atoms with Crippen LogP contribution in [-0.4, -0.2) is 31.4 Å². The third-order valence-electron chi connectivity index (χ3n) is 2.27. The van der Waals surface area contributed by atoms with Crippen molar-refractivity contribution in [3.05, 3.63) is 46.3 Å². The van der Waals surface area contributed by atoms with Crippen LogP contribution < -0.4 is 10.6 Å². The number of nitrogens with zero attached hydrogens (tertiary/aromatic N) is 3.